The molecule has 0 fully saturated rings. The van der Waals surface area contributed by atoms with Crippen LogP contribution in [0.15, 0.2) is 30.3 Å². The molecule has 0 spiro atoms. The fourth-order valence-electron chi connectivity index (χ4n) is 1.50. The summed E-state index contributed by atoms with van der Waals surface area (Å²) < 4.78 is 0. The molecule has 0 saturated carbocycles. The SMILES string of the molecule is CCN(CC(=O)O)C(=O)CNC(=O)Nc1ccccc1. The Balaban J connectivity index is 2.40. The maximum atomic E-state index is 11.7. The number of aliphatic carboxylic acids is 1. The molecule has 0 aliphatic heterocycles. The van der Waals surface area contributed by atoms with Crippen LogP contribution in [0.2, 0.25) is 0 Å². The highest BCUT2D eigenvalue weighted by atomic mass is 16.4. The van der Waals surface area contributed by atoms with Crippen LogP contribution in [-0.4, -0.2) is 47.5 Å². The Labute approximate surface area is 116 Å². The number of carbonyl (C=O) groups is 3. The van der Waals surface area contributed by atoms with Crippen LogP contribution in [0.5, 0.6) is 0 Å². The second-order valence-corrected chi connectivity index (χ2v) is 3.98. The summed E-state index contributed by atoms with van der Waals surface area (Å²) in [5.41, 5.74) is 0.607. The Morgan fingerprint density at radius 3 is 2.40 bits per heavy atom. The van der Waals surface area contributed by atoms with Crippen LogP contribution < -0.4 is 10.6 Å². The van der Waals surface area contributed by atoms with Crippen LogP contribution in [0.1, 0.15) is 6.92 Å². The minimum atomic E-state index is -1.09. The van der Waals surface area contributed by atoms with Crippen LogP contribution in [0.3, 0.4) is 0 Å². The summed E-state index contributed by atoms with van der Waals surface area (Å²) in [6.45, 7) is 1.31. The maximum Gasteiger partial charge on any atom is 0.323 e. The molecule has 0 radical (unpaired) electrons. The Morgan fingerprint density at radius 1 is 1.20 bits per heavy atom. The summed E-state index contributed by atoms with van der Waals surface area (Å²) in [6, 6.07) is 8.26. The van der Waals surface area contributed by atoms with Crippen molar-refractivity contribution in [3.05, 3.63) is 30.3 Å². The zero-order valence-corrected chi connectivity index (χ0v) is 11.1. The summed E-state index contributed by atoms with van der Waals surface area (Å²) in [6.07, 6.45) is 0. The summed E-state index contributed by atoms with van der Waals surface area (Å²) in [5, 5.41) is 13.6. The van der Waals surface area contributed by atoms with Gasteiger partial charge in [-0.25, -0.2) is 4.79 Å². The lowest BCUT2D eigenvalue weighted by molar-refractivity contribution is -0.143. The van der Waals surface area contributed by atoms with Gasteiger partial charge in [0.05, 0.1) is 6.54 Å². The van der Waals surface area contributed by atoms with Gasteiger partial charge in [0.1, 0.15) is 6.54 Å². The van der Waals surface area contributed by atoms with E-state index in [1.807, 2.05) is 6.07 Å². The summed E-state index contributed by atoms with van der Waals surface area (Å²) >= 11 is 0. The molecule has 0 bridgehead atoms. The number of likely N-dealkylation sites (N-methyl/N-ethyl adjacent to an activating group) is 1. The average Bonchev–Trinajstić information content (AvgIpc) is 2.43. The second-order valence-electron chi connectivity index (χ2n) is 3.98. The van der Waals surface area contributed by atoms with E-state index in [-0.39, 0.29) is 19.6 Å². The molecule has 3 N–H and O–H groups in total. The van der Waals surface area contributed by atoms with E-state index < -0.39 is 17.9 Å². The molecule has 0 aromatic heterocycles. The number of urea groups is 1. The summed E-state index contributed by atoms with van der Waals surface area (Å²) in [4.78, 5) is 34.9. The van der Waals surface area contributed by atoms with Gasteiger partial charge in [0.15, 0.2) is 0 Å². The Morgan fingerprint density at radius 2 is 1.85 bits per heavy atom. The van der Waals surface area contributed by atoms with Gasteiger partial charge in [-0.05, 0) is 19.1 Å². The largest absolute Gasteiger partial charge is 0.480 e. The summed E-state index contributed by atoms with van der Waals surface area (Å²) in [7, 11) is 0. The van der Waals surface area contributed by atoms with Crippen molar-refractivity contribution >= 4 is 23.6 Å². The van der Waals surface area contributed by atoms with Crippen molar-refractivity contribution in [2.24, 2.45) is 0 Å². The van der Waals surface area contributed by atoms with Gasteiger partial charge in [-0.15, -0.1) is 0 Å². The molecule has 1 rings (SSSR count). The fraction of sp³-hybridized carbons (Fsp3) is 0.308. The van der Waals surface area contributed by atoms with E-state index in [0.717, 1.165) is 4.90 Å². The lowest BCUT2D eigenvalue weighted by Gasteiger charge is -2.18. The van der Waals surface area contributed by atoms with Crippen molar-refractivity contribution in [2.75, 3.05) is 25.0 Å². The molecule has 0 unspecified atom stereocenters. The van der Waals surface area contributed by atoms with E-state index >= 15 is 0 Å². The van der Waals surface area contributed by atoms with Gasteiger partial charge in [-0.2, -0.15) is 0 Å². The van der Waals surface area contributed by atoms with E-state index in [2.05, 4.69) is 10.6 Å². The van der Waals surface area contributed by atoms with E-state index in [9.17, 15) is 14.4 Å². The molecule has 7 nitrogen and oxygen atoms in total. The molecule has 0 saturated heterocycles. The second kappa shape index (κ2) is 7.78. The number of nitrogens with zero attached hydrogens (tertiary/aromatic N) is 1. The van der Waals surface area contributed by atoms with Crippen molar-refractivity contribution in [2.45, 2.75) is 6.92 Å². The Hall–Kier alpha value is -2.57. The van der Waals surface area contributed by atoms with Gasteiger partial charge < -0.3 is 20.6 Å². The van der Waals surface area contributed by atoms with Crippen molar-refractivity contribution in [3.63, 3.8) is 0 Å². The van der Waals surface area contributed by atoms with Gasteiger partial charge in [-0.1, -0.05) is 18.2 Å². The number of carbonyl (C=O) groups excluding carboxylic acids is 2. The van der Waals surface area contributed by atoms with E-state index in [1.165, 1.54) is 0 Å². The number of benzene rings is 1. The first-order valence-electron chi connectivity index (χ1n) is 6.12. The minimum Gasteiger partial charge on any atom is -0.480 e. The van der Waals surface area contributed by atoms with Crippen molar-refractivity contribution < 1.29 is 19.5 Å². The number of carboxylic acids is 1. The normalized spacial score (nSPS) is 9.65. The lowest BCUT2D eigenvalue weighted by Crippen LogP contribution is -2.43. The minimum absolute atomic E-state index is 0.250. The summed E-state index contributed by atoms with van der Waals surface area (Å²) in [5.74, 6) is -1.54. The quantitative estimate of drug-likeness (QED) is 0.715. The smallest absolute Gasteiger partial charge is 0.323 e. The number of para-hydroxylation sites is 1. The lowest BCUT2D eigenvalue weighted by atomic mass is 10.3. The van der Waals surface area contributed by atoms with E-state index in [4.69, 9.17) is 5.11 Å². The van der Waals surface area contributed by atoms with Gasteiger partial charge in [0, 0.05) is 12.2 Å². The van der Waals surface area contributed by atoms with Crippen molar-refractivity contribution in [1.29, 1.82) is 0 Å². The molecule has 0 aliphatic rings. The molecule has 7 heteroatoms. The first-order valence-corrected chi connectivity index (χ1v) is 6.12. The molecule has 108 valence electrons. The molecule has 0 heterocycles. The average molecular weight is 279 g/mol. The van der Waals surface area contributed by atoms with Crippen LogP contribution in [0, 0.1) is 0 Å². The van der Waals surface area contributed by atoms with Crippen LogP contribution in [0.4, 0.5) is 10.5 Å². The molecular weight excluding hydrogens is 262 g/mol. The zero-order valence-electron chi connectivity index (χ0n) is 11.1. The molecule has 1 aromatic carbocycles. The number of hydrogen-bond acceptors (Lipinski definition) is 3. The highest BCUT2D eigenvalue weighted by Gasteiger charge is 2.15. The van der Waals surface area contributed by atoms with Crippen LogP contribution >= 0.6 is 0 Å². The van der Waals surface area contributed by atoms with Gasteiger partial charge in [-0.3, -0.25) is 9.59 Å². The van der Waals surface area contributed by atoms with Crippen LogP contribution in [-0.2, 0) is 9.59 Å². The highest BCUT2D eigenvalue weighted by molar-refractivity contribution is 5.92. The molecule has 0 atom stereocenters. The maximum absolute atomic E-state index is 11.7. The third-order valence-corrected chi connectivity index (χ3v) is 2.49. The number of nitrogens with one attached hydrogen (secondary N) is 2. The Kier molecular flexibility index (Phi) is 6.02. The predicted octanol–water partition coefficient (Wildman–Crippen LogP) is 0.741. The van der Waals surface area contributed by atoms with E-state index in [0.29, 0.717) is 5.69 Å². The third kappa shape index (κ3) is 5.38. The molecule has 20 heavy (non-hydrogen) atoms. The van der Waals surface area contributed by atoms with Gasteiger partial charge in [0.25, 0.3) is 0 Å². The molecule has 0 aliphatic carbocycles. The van der Waals surface area contributed by atoms with Gasteiger partial charge in [0.2, 0.25) is 5.91 Å². The van der Waals surface area contributed by atoms with Crippen molar-refractivity contribution in [1.82, 2.24) is 10.2 Å². The number of amides is 3. The number of carboxylic acid groups (broad SMARTS) is 1. The van der Waals surface area contributed by atoms with Crippen molar-refractivity contribution in [3.8, 4) is 0 Å². The number of anilines is 1. The number of rotatable bonds is 6. The monoisotopic (exact) mass is 279 g/mol. The first kappa shape index (κ1) is 15.5. The Bertz CT molecular complexity index is 476. The first-order chi connectivity index (χ1) is 9.52. The molecule has 3 amide bonds. The predicted molar refractivity (Wildman–Crippen MR) is 73.4 cm³/mol. The topological polar surface area (TPSA) is 98.7 Å². The standard InChI is InChI=1S/C13H17N3O4/c1-2-16(9-12(18)19)11(17)8-14-13(20)15-10-6-4-3-5-7-10/h3-7H,2,8-9H2,1H3,(H,18,19)(H2,14,15,20). The fourth-order valence-corrected chi connectivity index (χ4v) is 1.50. The van der Waals surface area contributed by atoms with Crippen LogP contribution in [0.25, 0.3) is 0 Å². The molecular formula is C13H17N3O4. The van der Waals surface area contributed by atoms with Gasteiger partial charge >= 0.3 is 12.0 Å². The number of hydrogen-bond donors (Lipinski definition) is 3. The zero-order chi connectivity index (χ0) is 15.0. The third-order valence-electron chi connectivity index (χ3n) is 2.49. The molecule has 1 aromatic rings. The van der Waals surface area contributed by atoms with E-state index in [1.54, 1.807) is 31.2 Å². The highest BCUT2D eigenvalue weighted by Crippen LogP contribution is 2.03.